The topological polar surface area (TPSA) is 98.0 Å². The van der Waals surface area contributed by atoms with Crippen molar-refractivity contribution in [1.29, 1.82) is 0 Å². The van der Waals surface area contributed by atoms with E-state index in [-0.39, 0.29) is 6.61 Å². The number of aliphatic carboxylic acids is 1. The molecule has 12 heavy (non-hydrogen) atoms. The van der Waals surface area contributed by atoms with Gasteiger partial charge in [-0.05, 0) is 13.3 Å². The average Bonchev–Trinajstić information content (AvgIpc) is 2.04. The molecule has 0 bridgehead atoms. The first kappa shape index (κ1) is 13.9. The third-order valence-corrected chi connectivity index (χ3v) is 1.04. The van der Waals surface area contributed by atoms with Crippen molar-refractivity contribution in [3.05, 3.63) is 0 Å². The highest BCUT2D eigenvalue weighted by molar-refractivity contribution is 5.71. The summed E-state index contributed by atoms with van der Waals surface area (Å²) >= 11 is 0. The standard InChI is InChI=1S/C4H10O2.C3H6O3/c1-2-4(6)3-5;1-2(4)3(5)6/h4-6H,2-3H2,1H3;2,4H,1H3,(H,5,6). The maximum absolute atomic E-state index is 9.45. The molecule has 2 atom stereocenters. The van der Waals surface area contributed by atoms with Crippen molar-refractivity contribution < 1.29 is 25.2 Å². The SMILES string of the molecule is CC(O)C(=O)O.CCC(O)CO. The van der Waals surface area contributed by atoms with Crippen molar-refractivity contribution in [2.45, 2.75) is 32.5 Å². The lowest BCUT2D eigenvalue weighted by atomic mass is 10.3. The van der Waals surface area contributed by atoms with Crippen LogP contribution in [0.5, 0.6) is 0 Å². The minimum atomic E-state index is -1.23. The predicted molar refractivity (Wildman–Crippen MR) is 42.7 cm³/mol. The lowest BCUT2D eigenvalue weighted by Crippen LogP contribution is -2.13. The van der Waals surface area contributed by atoms with E-state index in [0.717, 1.165) is 0 Å². The van der Waals surface area contributed by atoms with Crippen LogP contribution >= 0.6 is 0 Å². The fourth-order valence-electron chi connectivity index (χ4n) is 0.129. The molecule has 0 aromatic heterocycles. The second-order valence-corrected chi connectivity index (χ2v) is 2.26. The fraction of sp³-hybridized carbons (Fsp3) is 0.857. The molecule has 0 aliphatic heterocycles. The van der Waals surface area contributed by atoms with E-state index >= 15 is 0 Å². The Kier molecular flexibility index (Phi) is 9.79. The molecule has 0 rings (SSSR count). The minimum absolute atomic E-state index is 0.115. The molecule has 2 unspecified atom stereocenters. The van der Waals surface area contributed by atoms with Crippen molar-refractivity contribution >= 4 is 5.97 Å². The van der Waals surface area contributed by atoms with Gasteiger partial charge in [-0.25, -0.2) is 4.79 Å². The summed E-state index contributed by atoms with van der Waals surface area (Å²) in [5.41, 5.74) is 0. The molecular formula is C7H16O5. The number of carbonyl (C=O) groups is 1. The van der Waals surface area contributed by atoms with Crippen LogP contribution in [-0.4, -0.2) is 45.2 Å². The first-order valence-electron chi connectivity index (χ1n) is 3.65. The number of aliphatic hydroxyl groups is 3. The second kappa shape index (κ2) is 8.45. The Bertz CT molecular complexity index is 108. The van der Waals surface area contributed by atoms with Crippen LogP contribution < -0.4 is 0 Å². The monoisotopic (exact) mass is 180 g/mol. The Morgan fingerprint density at radius 2 is 1.75 bits per heavy atom. The average molecular weight is 180 g/mol. The van der Waals surface area contributed by atoms with Gasteiger partial charge in [-0.3, -0.25) is 0 Å². The maximum atomic E-state index is 9.45. The molecule has 0 heterocycles. The molecule has 5 heteroatoms. The lowest BCUT2D eigenvalue weighted by molar-refractivity contribution is -0.145. The summed E-state index contributed by atoms with van der Waals surface area (Å²) in [6, 6.07) is 0. The molecule has 4 N–H and O–H groups in total. The van der Waals surface area contributed by atoms with Crippen LogP contribution in [0, 0.1) is 0 Å². The number of aliphatic hydroxyl groups excluding tert-OH is 3. The van der Waals surface area contributed by atoms with Gasteiger partial charge in [-0.2, -0.15) is 0 Å². The van der Waals surface area contributed by atoms with E-state index in [0.29, 0.717) is 6.42 Å². The fourth-order valence-corrected chi connectivity index (χ4v) is 0.129. The minimum Gasteiger partial charge on any atom is -0.479 e. The van der Waals surface area contributed by atoms with E-state index in [1.165, 1.54) is 6.92 Å². The maximum Gasteiger partial charge on any atom is 0.332 e. The number of hydrogen-bond donors (Lipinski definition) is 4. The van der Waals surface area contributed by atoms with Gasteiger partial charge < -0.3 is 20.4 Å². The van der Waals surface area contributed by atoms with Crippen LogP contribution in [-0.2, 0) is 4.79 Å². The quantitative estimate of drug-likeness (QED) is 0.456. The highest BCUT2D eigenvalue weighted by Gasteiger charge is 2.01. The summed E-state index contributed by atoms with van der Waals surface area (Å²) in [6.45, 7) is 2.90. The summed E-state index contributed by atoms with van der Waals surface area (Å²) in [6.07, 6.45) is -1.11. The van der Waals surface area contributed by atoms with Gasteiger partial charge in [0, 0.05) is 0 Å². The second-order valence-electron chi connectivity index (χ2n) is 2.26. The zero-order valence-corrected chi connectivity index (χ0v) is 7.27. The van der Waals surface area contributed by atoms with Crippen LogP contribution in [0.2, 0.25) is 0 Å². The number of carboxylic acids is 1. The first-order chi connectivity index (χ1) is 5.45. The lowest BCUT2D eigenvalue weighted by Gasteiger charge is -1.97. The van der Waals surface area contributed by atoms with Crippen molar-refractivity contribution in [2.75, 3.05) is 6.61 Å². The molecule has 0 aromatic carbocycles. The van der Waals surface area contributed by atoms with Gasteiger partial charge in [-0.15, -0.1) is 0 Å². The molecule has 0 amide bonds. The zero-order valence-electron chi connectivity index (χ0n) is 7.27. The third kappa shape index (κ3) is 12.1. The molecule has 0 spiro atoms. The predicted octanol–water partition coefficient (Wildman–Crippen LogP) is -0.799. The smallest absolute Gasteiger partial charge is 0.332 e. The van der Waals surface area contributed by atoms with Gasteiger partial charge in [0.05, 0.1) is 12.7 Å². The first-order valence-corrected chi connectivity index (χ1v) is 3.65. The van der Waals surface area contributed by atoms with Crippen LogP contribution in [0.1, 0.15) is 20.3 Å². The van der Waals surface area contributed by atoms with Crippen molar-refractivity contribution in [3.8, 4) is 0 Å². The summed E-state index contributed by atoms with van der Waals surface area (Å²) in [7, 11) is 0. The van der Waals surface area contributed by atoms with Gasteiger partial charge in [0.2, 0.25) is 0 Å². The van der Waals surface area contributed by atoms with Gasteiger partial charge >= 0.3 is 5.97 Å². The molecule has 0 radical (unpaired) electrons. The van der Waals surface area contributed by atoms with E-state index < -0.39 is 18.2 Å². The van der Waals surface area contributed by atoms with Crippen LogP contribution in [0.15, 0.2) is 0 Å². The van der Waals surface area contributed by atoms with Crippen LogP contribution in [0.25, 0.3) is 0 Å². The largest absolute Gasteiger partial charge is 0.479 e. The van der Waals surface area contributed by atoms with E-state index in [1.54, 1.807) is 0 Å². The van der Waals surface area contributed by atoms with E-state index in [1.807, 2.05) is 6.92 Å². The molecule has 74 valence electrons. The Labute approximate surface area is 71.3 Å². The highest BCUT2D eigenvalue weighted by atomic mass is 16.4. The Morgan fingerprint density at radius 1 is 1.42 bits per heavy atom. The highest BCUT2D eigenvalue weighted by Crippen LogP contribution is 1.83. The Morgan fingerprint density at radius 3 is 1.75 bits per heavy atom. The van der Waals surface area contributed by atoms with Crippen LogP contribution in [0.3, 0.4) is 0 Å². The molecule has 0 aliphatic rings. The summed E-state index contributed by atoms with van der Waals surface area (Å²) < 4.78 is 0. The molecule has 0 saturated carbocycles. The molecule has 0 saturated heterocycles. The van der Waals surface area contributed by atoms with Gasteiger partial charge in [0.1, 0.15) is 6.10 Å². The van der Waals surface area contributed by atoms with Crippen molar-refractivity contribution in [1.82, 2.24) is 0 Å². The van der Waals surface area contributed by atoms with Gasteiger partial charge in [-0.1, -0.05) is 6.92 Å². The Balaban J connectivity index is 0. The number of rotatable bonds is 3. The van der Waals surface area contributed by atoms with Crippen molar-refractivity contribution in [3.63, 3.8) is 0 Å². The van der Waals surface area contributed by atoms with Crippen LogP contribution in [0.4, 0.5) is 0 Å². The van der Waals surface area contributed by atoms with Gasteiger partial charge in [0.25, 0.3) is 0 Å². The molecule has 0 fully saturated rings. The molecular weight excluding hydrogens is 164 g/mol. The van der Waals surface area contributed by atoms with Crippen molar-refractivity contribution in [2.24, 2.45) is 0 Å². The van der Waals surface area contributed by atoms with E-state index in [4.69, 9.17) is 20.4 Å². The zero-order chi connectivity index (χ0) is 10.1. The van der Waals surface area contributed by atoms with E-state index in [9.17, 15) is 4.79 Å². The Hall–Kier alpha value is -0.650. The molecule has 0 aromatic rings. The normalized spacial score (nSPS) is 14.1. The van der Waals surface area contributed by atoms with Gasteiger partial charge in [0.15, 0.2) is 0 Å². The molecule has 0 aliphatic carbocycles. The number of carboxylic acid groups (broad SMARTS) is 1. The summed E-state index contributed by atoms with van der Waals surface area (Å²) in [5, 5.41) is 32.3. The molecule has 5 nitrogen and oxygen atoms in total. The van der Waals surface area contributed by atoms with E-state index in [2.05, 4.69) is 0 Å². The summed E-state index contributed by atoms with van der Waals surface area (Å²) in [4.78, 5) is 9.45. The third-order valence-electron chi connectivity index (χ3n) is 1.04. The number of hydrogen-bond acceptors (Lipinski definition) is 4. The summed E-state index contributed by atoms with van der Waals surface area (Å²) in [5.74, 6) is -1.19.